The van der Waals surface area contributed by atoms with Gasteiger partial charge in [0.25, 0.3) is 0 Å². The Bertz CT molecular complexity index is 527. The van der Waals surface area contributed by atoms with Crippen LogP contribution in [0.1, 0.15) is 0 Å². The topological polar surface area (TPSA) is 49.0 Å². The van der Waals surface area contributed by atoms with E-state index in [1.807, 2.05) is 0 Å². The first-order chi connectivity index (χ1) is 7.24. The minimum absolute atomic E-state index is 0.144. The summed E-state index contributed by atoms with van der Waals surface area (Å²) in [7, 11) is 3.20. The number of pyridine rings is 1. The molecule has 0 aliphatic rings. The number of aromatic nitrogens is 3. The molecule has 2 rings (SSSR count). The highest BCUT2D eigenvalue weighted by Gasteiger charge is 2.08. The van der Waals surface area contributed by atoms with Crippen LogP contribution < -0.4 is 10.4 Å². The summed E-state index contributed by atoms with van der Waals surface area (Å²) in [5.74, 6) is 0.405. The van der Waals surface area contributed by atoms with Crippen LogP contribution in [0.3, 0.4) is 0 Å². The average molecular weight is 204 g/mol. The van der Waals surface area contributed by atoms with Crippen LogP contribution in [0.5, 0.6) is 5.88 Å². The molecule has 0 fully saturated rings. The Morgan fingerprint density at radius 2 is 2.27 bits per heavy atom. The first-order valence-electron chi connectivity index (χ1n) is 4.38. The van der Waals surface area contributed by atoms with Gasteiger partial charge in [0.05, 0.1) is 7.11 Å². The van der Waals surface area contributed by atoms with Gasteiger partial charge in [-0.05, 0) is 6.07 Å². The van der Waals surface area contributed by atoms with Crippen LogP contribution in [0.25, 0.3) is 5.69 Å². The van der Waals surface area contributed by atoms with Gasteiger partial charge in [-0.3, -0.25) is 4.57 Å². The zero-order valence-electron chi connectivity index (χ0n) is 8.47. The smallest absolute Gasteiger partial charge is 0.332 e. The minimum Gasteiger partial charge on any atom is -0.479 e. The predicted octanol–water partition coefficient (Wildman–Crippen LogP) is 0.380. The Morgan fingerprint density at radius 3 is 2.87 bits per heavy atom. The normalized spacial score (nSPS) is 10.3. The molecule has 1 radical (unpaired) electrons. The molecule has 0 bridgehead atoms. The molecular formula is C10H10N3O2. The number of ether oxygens (including phenoxy) is 1. The SMILES string of the molecule is COc1nc[c]cc1-n1ccn(C)c1=O. The largest absolute Gasteiger partial charge is 0.479 e. The summed E-state index contributed by atoms with van der Waals surface area (Å²) in [4.78, 5) is 15.6. The van der Waals surface area contributed by atoms with Gasteiger partial charge in [0, 0.05) is 31.7 Å². The van der Waals surface area contributed by atoms with E-state index >= 15 is 0 Å². The van der Waals surface area contributed by atoms with Crippen molar-refractivity contribution in [2.24, 2.45) is 7.05 Å². The number of nitrogens with zero attached hydrogens (tertiary/aromatic N) is 3. The summed E-state index contributed by atoms with van der Waals surface area (Å²) in [6.07, 6.45) is 4.83. The molecular weight excluding hydrogens is 194 g/mol. The third-order valence-corrected chi connectivity index (χ3v) is 2.10. The summed E-state index contributed by atoms with van der Waals surface area (Å²) in [5, 5.41) is 0. The maximum absolute atomic E-state index is 11.7. The molecule has 0 atom stereocenters. The lowest BCUT2D eigenvalue weighted by atomic mass is 10.4. The molecule has 0 aliphatic carbocycles. The van der Waals surface area contributed by atoms with Gasteiger partial charge < -0.3 is 9.30 Å². The van der Waals surface area contributed by atoms with E-state index in [0.29, 0.717) is 11.6 Å². The lowest BCUT2D eigenvalue weighted by molar-refractivity contribution is 0.395. The summed E-state index contributed by atoms with van der Waals surface area (Å²) >= 11 is 0. The van der Waals surface area contributed by atoms with Crippen molar-refractivity contribution in [3.8, 4) is 11.6 Å². The number of methoxy groups -OCH3 is 1. The molecule has 0 saturated carbocycles. The predicted molar refractivity (Wildman–Crippen MR) is 54.2 cm³/mol. The van der Waals surface area contributed by atoms with Crippen molar-refractivity contribution in [3.05, 3.63) is 41.2 Å². The third-order valence-electron chi connectivity index (χ3n) is 2.10. The maximum atomic E-state index is 11.7. The van der Waals surface area contributed by atoms with Gasteiger partial charge in [0.1, 0.15) is 5.69 Å². The van der Waals surface area contributed by atoms with E-state index in [-0.39, 0.29) is 5.69 Å². The van der Waals surface area contributed by atoms with Gasteiger partial charge in [-0.15, -0.1) is 0 Å². The van der Waals surface area contributed by atoms with Crippen LogP contribution in [-0.4, -0.2) is 21.2 Å². The fourth-order valence-electron chi connectivity index (χ4n) is 1.32. The Balaban J connectivity index is 2.64. The molecule has 2 aromatic rings. The molecule has 15 heavy (non-hydrogen) atoms. The average Bonchev–Trinajstić information content (AvgIpc) is 2.60. The molecule has 5 nitrogen and oxygen atoms in total. The molecule has 2 aromatic heterocycles. The molecule has 0 N–H and O–H groups in total. The van der Waals surface area contributed by atoms with Crippen molar-refractivity contribution in [2.75, 3.05) is 7.11 Å². The molecule has 0 aliphatic heterocycles. The third kappa shape index (κ3) is 1.52. The number of hydrogen-bond acceptors (Lipinski definition) is 3. The van der Waals surface area contributed by atoms with Crippen LogP contribution in [-0.2, 0) is 7.05 Å². The molecule has 77 valence electrons. The lowest BCUT2D eigenvalue weighted by Gasteiger charge is -2.05. The highest BCUT2D eigenvalue weighted by Crippen LogP contribution is 2.16. The van der Waals surface area contributed by atoms with E-state index in [1.165, 1.54) is 22.4 Å². The standard InChI is InChI=1S/C10H10N3O2/c1-12-6-7-13(10(12)14)8-4-3-5-11-9(8)15-2/h4-7H,1-2H3. The molecule has 0 unspecified atom stereocenters. The molecule has 0 spiro atoms. The van der Waals surface area contributed by atoms with Gasteiger partial charge in [-0.25, -0.2) is 9.78 Å². The zero-order valence-corrected chi connectivity index (χ0v) is 8.47. The van der Waals surface area contributed by atoms with E-state index < -0.39 is 0 Å². The van der Waals surface area contributed by atoms with E-state index in [1.54, 1.807) is 25.5 Å². The monoisotopic (exact) mass is 204 g/mol. The van der Waals surface area contributed by atoms with Crippen LogP contribution in [0.4, 0.5) is 0 Å². The second-order valence-electron chi connectivity index (χ2n) is 3.03. The Morgan fingerprint density at radius 1 is 1.47 bits per heavy atom. The number of hydrogen-bond donors (Lipinski definition) is 0. The van der Waals surface area contributed by atoms with Crippen molar-refractivity contribution in [2.45, 2.75) is 0 Å². The van der Waals surface area contributed by atoms with Gasteiger partial charge >= 0.3 is 5.69 Å². The molecule has 5 heteroatoms. The highest BCUT2D eigenvalue weighted by atomic mass is 16.5. The van der Waals surface area contributed by atoms with Crippen LogP contribution in [0.2, 0.25) is 0 Å². The Kier molecular flexibility index (Phi) is 2.29. The van der Waals surface area contributed by atoms with Crippen LogP contribution in [0.15, 0.2) is 29.5 Å². The fourth-order valence-corrected chi connectivity index (χ4v) is 1.32. The van der Waals surface area contributed by atoms with Crippen LogP contribution in [0, 0.1) is 6.07 Å². The van der Waals surface area contributed by atoms with Crippen molar-refractivity contribution in [3.63, 3.8) is 0 Å². The number of rotatable bonds is 2. The Labute approximate surface area is 86.6 Å². The summed E-state index contributed by atoms with van der Waals surface area (Å²) in [6.45, 7) is 0. The van der Waals surface area contributed by atoms with E-state index in [9.17, 15) is 4.79 Å². The summed E-state index contributed by atoms with van der Waals surface area (Å²) in [6, 6.07) is 4.47. The first kappa shape index (κ1) is 9.51. The van der Waals surface area contributed by atoms with E-state index in [2.05, 4.69) is 11.1 Å². The highest BCUT2D eigenvalue weighted by molar-refractivity contribution is 5.40. The van der Waals surface area contributed by atoms with E-state index in [0.717, 1.165) is 0 Å². The fraction of sp³-hybridized carbons (Fsp3) is 0.200. The summed E-state index contributed by atoms with van der Waals surface area (Å²) in [5.41, 5.74) is 0.445. The van der Waals surface area contributed by atoms with Gasteiger partial charge in [-0.1, -0.05) is 0 Å². The molecule has 0 saturated heterocycles. The minimum atomic E-state index is -0.144. The lowest BCUT2D eigenvalue weighted by Crippen LogP contribution is -2.21. The number of imidazole rings is 1. The van der Waals surface area contributed by atoms with Crippen LogP contribution >= 0.6 is 0 Å². The molecule has 2 heterocycles. The van der Waals surface area contributed by atoms with Gasteiger partial charge in [0.15, 0.2) is 0 Å². The molecule has 0 aromatic carbocycles. The van der Waals surface area contributed by atoms with Crippen molar-refractivity contribution in [1.82, 2.24) is 14.1 Å². The summed E-state index contributed by atoms with van der Waals surface area (Å²) < 4.78 is 8.00. The van der Waals surface area contributed by atoms with Crippen molar-refractivity contribution < 1.29 is 4.74 Å². The quantitative estimate of drug-likeness (QED) is 0.710. The first-order valence-corrected chi connectivity index (χ1v) is 4.38. The zero-order chi connectivity index (χ0) is 10.8. The van der Waals surface area contributed by atoms with Gasteiger partial charge in [0.2, 0.25) is 5.88 Å². The van der Waals surface area contributed by atoms with Gasteiger partial charge in [-0.2, -0.15) is 0 Å². The number of aryl methyl sites for hydroxylation is 1. The Hall–Kier alpha value is -2.04. The van der Waals surface area contributed by atoms with Crippen molar-refractivity contribution in [1.29, 1.82) is 0 Å². The second-order valence-corrected chi connectivity index (χ2v) is 3.03. The second kappa shape index (κ2) is 3.61. The van der Waals surface area contributed by atoms with E-state index in [4.69, 9.17) is 4.74 Å². The maximum Gasteiger partial charge on any atom is 0.332 e. The van der Waals surface area contributed by atoms with Crippen molar-refractivity contribution >= 4 is 0 Å². The molecule has 0 amide bonds.